The van der Waals surface area contributed by atoms with Crippen LogP contribution in [0.2, 0.25) is 5.02 Å². The number of rotatable bonds is 12. The van der Waals surface area contributed by atoms with Crippen molar-refractivity contribution in [3.8, 4) is 22.8 Å². The van der Waals surface area contributed by atoms with Crippen molar-refractivity contribution in [3.63, 3.8) is 0 Å². The number of aromatic nitrogens is 2. The van der Waals surface area contributed by atoms with Crippen LogP contribution in [-0.4, -0.2) is 44.7 Å². The summed E-state index contributed by atoms with van der Waals surface area (Å²) in [7, 11) is -1.02. The molecule has 0 spiro atoms. The van der Waals surface area contributed by atoms with E-state index in [4.69, 9.17) is 26.1 Å². The van der Waals surface area contributed by atoms with E-state index < -0.39 is 10.0 Å². The van der Waals surface area contributed by atoms with E-state index in [2.05, 4.69) is 0 Å². The summed E-state index contributed by atoms with van der Waals surface area (Å²) in [4.78, 5) is 16.8. The molecule has 1 aromatic heterocycles. The molecule has 0 aliphatic rings. The fourth-order valence-electron chi connectivity index (χ4n) is 4.97. The van der Waals surface area contributed by atoms with Gasteiger partial charge in [-0.15, -0.1) is 0 Å². The van der Waals surface area contributed by atoms with Gasteiger partial charge in [0, 0.05) is 29.2 Å². The molecule has 0 unspecified atom stereocenters. The summed E-state index contributed by atoms with van der Waals surface area (Å²) in [6.07, 6.45) is 2.05. The fraction of sp³-hybridized carbons (Fsp3) is 0.212. The zero-order chi connectivity index (χ0) is 30.4. The molecule has 4 aromatic carbocycles. The van der Waals surface area contributed by atoms with Crippen LogP contribution in [0.1, 0.15) is 25.7 Å². The maximum absolute atomic E-state index is 14.2. The van der Waals surface area contributed by atoms with E-state index in [0.29, 0.717) is 41.3 Å². The highest BCUT2D eigenvalue weighted by atomic mass is 35.5. The summed E-state index contributed by atoms with van der Waals surface area (Å²) in [6.45, 7) is 0.196. The van der Waals surface area contributed by atoms with Crippen molar-refractivity contribution >= 4 is 44.3 Å². The van der Waals surface area contributed by atoms with Gasteiger partial charge in [-0.05, 0) is 73.5 Å². The van der Waals surface area contributed by atoms with Crippen molar-refractivity contribution in [1.29, 1.82) is 0 Å². The number of hydrogen-bond donors (Lipinski definition) is 0. The highest BCUT2D eigenvalue weighted by molar-refractivity contribution is 7.92. The highest BCUT2D eigenvalue weighted by Gasteiger charge is 2.28. The van der Waals surface area contributed by atoms with E-state index >= 15 is 0 Å². The average molecular weight is 618 g/mol. The molecule has 0 bridgehead atoms. The SMILES string of the molecule is COC(=O)CCCCCN(c1cccc2c1nc(-c1ccccc1)n2-c1ccc(OC)cc1)S(=O)(=O)c1ccc(Cl)cc1. The van der Waals surface area contributed by atoms with Gasteiger partial charge in [-0.2, -0.15) is 0 Å². The Hall–Kier alpha value is -4.34. The van der Waals surface area contributed by atoms with Gasteiger partial charge in [-0.25, -0.2) is 13.4 Å². The van der Waals surface area contributed by atoms with Crippen molar-refractivity contribution in [2.75, 3.05) is 25.1 Å². The van der Waals surface area contributed by atoms with Crippen LogP contribution < -0.4 is 9.04 Å². The Kier molecular flexibility index (Phi) is 9.33. The van der Waals surface area contributed by atoms with Gasteiger partial charge in [-0.3, -0.25) is 13.7 Å². The smallest absolute Gasteiger partial charge is 0.305 e. The summed E-state index contributed by atoms with van der Waals surface area (Å²) in [6, 6.07) is 29.1. The number of anilines is 1. The molecule has 10 heteroatoms. The molecule has 0 amide bonds. The number of esters is 1. The van der Waals surface area contributed by atoms with E-state index in [1.165, 1.54) is 23.5 Å². The number of benzene rings is 4. The second kappa shape index (κ2) is 13.3. The lowest BCUT2D eigenvalue weighted by Gasteiger charge is -2.25. The lowest BCUT2D eigenvalue weighted by Crippen LogP contribution is -2.32. The minimum atomic E-state index is -4.00. The summed E-state index contributed by atoms with van der Waals surface area (Å²) in [5, 5.41) is 0.446. The van der Waals surface area contributed by atoms with Crippen LogP contribution in [0.5, 0.6) is 5.75 Å². The Morgan fingerprint density at radius 3 is 2.26 bits per heavy atom. The third-order valence-corrected chi connectivity index (χ3v) is 9.25. The molecule has 222 valence electrons. The number of nitrogens with zero attached hydrogens (tertiary/aromatic N) is 3. The molecular formula is C33H32ClN3O5S. The van der Waals surface area contributed by atoms with Crippen LogP contribution in [0.15, 0.2) is 102 Å². The standard InChI is InChI=1S/C33H32ClN3O5S/c1-41-27-19-17-26(18-20-27)37-30-13-9-12-29(32(30)35-33(37)24-10-5-3-6-11-24)36(23-8-4-7-14-31(38)42-2)43(39,40)28-21-15-25(34)16-22-28/h3,5-6,9-13,15-22H,4,7-8,14,23H2,1-2H3. The number of ether oxygens (including phenoxy) is 2. The highest BCUT2D eigenvalue weighted by Crippen LogP contribution is 2.36. The Balaban J connectivity index is 1.65. The number of para-hydroxylation sites is 1. The zero-order valence-electron chi connectivity index (χ0n) is 23.9. The van der Waals surface area contributed by atoms with Crippen molar-refractivity contribution in [3.05, 3.63) is 102 Å². The molecule has 1 heterocycles. The van der Waals surface area contributed by atoms with Crippen LogP contribution in [0, 0.1) is 0 Å². The molecule has 0 aliphatic carbocycles. The maximum atomic E-state index is 14.2. The van der Waals surface area contributed by atoms with Gasteiger partial charge in [-0.1, -0.05) is 54.4 Å². The predicted octanol–water partition coefficient (Wildman–Crippen LogP) is 7.28. The van der Waals surface area contributed by atoms with Crippen LogP contribution in [0.4, 0.5) is 5.69 Å². The van der Waals surface area contributed by atoms with Crippen LogP contribution in [-0.2, 0) is 19.6 Å². The van der Waals surface area contributed by atoms with Gasteiger partial charge in [0.05, 0.1) is 30.3 Å². The predicted molar refractivity (Wildman–Crippen MR) is 170 cm³/mol. The Labute approximate surface area is 256 Å². The van der Waals surface area contributed by atoms with Crippen molar-refractivity contribution in [2.24, 2.45) is 0 Å². The van der Waals surface area contributed by atoms with Crippen LogP contribution in [0.25, 0.3) is 28.1 Å². The largest absolute Gasteiger partial charge is 0.497 e. The average Bonchev–Trinajstić information content (AvgIpc) is 3.43. The molecular weight excluding hydrogens is 586 g/mol. The Bertz CT molecular complexity index is 1810. The van der Waals surface area contributed by atoms with E-state index in [1.807, 2.05) is 71.3 Å². The molecule has 8 nitrogen and oxygen atoms in total. The van der Waals surface area contributed by atoms with Gasteiger partial charge < -0.3 is 9.47 Å². The van der Waals surface area contributed by atoms with E-state index in [1.54, 1.807) is 25.3 Å². The molecule has 0 fully saturated rings. The second-order valence-electron chi connectivity index (χ2n) is 9.90. The molecule has 0 N–H and O–H groups in total. The summed E-state index contributed by atoms with van der Waals surface area (Å²) in [5.41, 5.74) is 3.50. The molecule has 0 saturated heterocycles. The molecule has 5 rings (SSSR count). The first-order valence-electron chi connectivity index (χ1n) is 13.9. The third-order valence-electron chi connectivity index (χ3n) is 7.17. The summed E-state index contributed by atoms with van der Waals surface area (Å²) >= 11 is 6.08. The number of methoxy groups -OCH3 is 2. The number of unbranched alkanes of at least 4 members (excludes halogenated alkanes) is 2. The maximum Gasteiger partial charge on any atom is 0.305 e. The lowest BCUT2D eigenvalue weighted by molar-refractivity contribution is -0.140. The fourth-order valence-corrected chi connectivity index (χ4v) is 6.60. The van der Waals surface area contributed by atoms with Gasteiger partial charge in [0.25, 0.3) is 10.0 Å². The number of halogens is 1. The molecule has 43 heavy (non-hydrogen) atoms. The Morgan fingerprint density at radius 1 is 0.860 bits per heavy atom. The molecule has 0 saturated carbocycles. The van der Waals surface area contributed by atoms with Crippen molar-refractivity contribution in [2.45, 2.75) is 30.6 Å². The number of sulfonamides is 1. The minimum absolute atomic E-state index is 0.126. The van der Waals surface area contributed by atoms with Gasteiger partial charge in [0.1, 0.15) is 17.1 Å². The quantitative estimate of drug-likeness (QED) is 0.108. The van der Waals surface area contributed by atoms with E-state index in [-0.39, 0.29) is 23.8 Å². The first kappa shape index (κ1) is 30.1. The topological polar surface area (TPSA) is 90.7 Å². The lowest BCUT2D eigenvalue weighted by atomic mass is 10.2. The molecule has 5 aromatic rings. The van der Waals surface area contributed by atoms with Crippen LogP contribution >= 0.6 is 11.6 Å². The van der Waals surface area contributed by atoms with Gasteiger partial charge in [0.15, 0.2) is 0 Å². The van der Waals surface area contributed by atoms with Gasteiger partial charge >= 0.3 is 5.97 Å². The number of hydrogen-bond acceptors (Lipinski definition) is 6. The third kappa shape index (κ3) is 6.53. The Morgan fingerprint density at radius 2 is 1.58 bits per heavy atom. The summed E-state index contributed by atoms with van der Waals surface area (Å²) in [5.74, 6) is 1.12. The number of fused-ring (bicyclic) bond motifs is 1. The second-order valence-corrected chi connectivity index (χ2v) is 12.2. The number of carbonyl (C=O) groups is 1. The zero-order valence-corrected chi connectivity index (χ0v) is 25.5. The van der Waals surface area contributed by atoms with E-state index in [0.717, 1.165) is 22.5 Å². The molecule has 0 radical (unpaired) electrons. The number of carbonyl (C=O) groups excluding carboxylic acids is 1. The van der Waals surface area contributed by atoms with Gasteiger partial charge in [0.2, 0.25) is 0 Å². The normalized spacial score (nSPS) is 11.4. The monoisotopic (exact) mass is 617 g/mol. The minimum Gasteiger partial charge on any atom is -0.497 e. The van der Waals surface area contributed by atoms with Crippen LogP contribution in [0.3, 0.4) is 0 Å². The molecule has 0 atom stereocenters. The number of imidazole rings is 1. The van der Waals surface area contributed by atoms with Crippen molar-refractivity contribution in [1.82, 2.24) is 9.55 Å². The molecule has 0 aliphatic heterocycles. The van der Waals surface area contributed by atoms with E-state index in [9.17, 15) is 13.2 Å². The first-order valence-corrected chi connectivity index (χ1v) is 15.7. The summed E-state index contributed by atoms with van der Waals surface area (Å²) < 4.78 is 41.9. The first-order chi connectivity index (χ1) is 20.8. The van der Waals surface area contributed by atoms with Crippen molar-refractivity contribution < 1.29 is 22.7 Å².